The molecule has 1 aliphatic heterocycles. The number of nitrogens with two attached hydrogens (primary N) is 1. The van der Waals surface area contributed by atoms with Crippen LogP contribution in [0.1, 0.15) is 25.5 Å². The van der Waals surface area contributed by atoms with Crippen molar-refractivity contribution in [2.24, 2.45) is 0 Å². The molecule has 86 valence electrons. The molecule has 4 heteroatoms. The van der Waals surface area contributed by atoms with E-state index in [9.17, 15) is 4.79 Å². The molecule has 1 aromatic carbocycles. The average molecular weight is 220 g/mol. The Morgan fingerprint density at radius 3 is 2.88 bits per heavy atom. The van der Waals surface area contributed by atoms with E-state index >= 15 is 0 Å². The molecule has 0 aromatic heterocycles. The lowest BCUT2D eigenvalue weighted by Crippen LogP contribution is -2.34. The molecule has 1 unspecified atom stereocenters. The first-order chi connectivity index (χ1) is 7.59. The molecule has 0 radical (unpaired) electrons. The summed E-state index contributed by atoms with van der Waals surface area (Å²) in [7, 11) is 0. The largest absolute Gasteiger partial charge is 0.447 e. The van der Waals surface area contributed by atoms with E-state index in [2.05, 4.69) is 0 Å². The first kappa shape index (κ1) is 10.8. The zero-order valence-electron chi connectivity index (χ0n) is 9.51. The van der Waals surface area contributed by atoms with Gasteiger partial charge >= 0.3 is 6.09 Å². The van der Waals surface area contributed by atoms with E-state index in [0.29, 0.717) is 12.3 Å². The Kier molecular flexibility index (Phi) is 2.73. The van der Waals surface area contributed by atoms with Crippen LogP contribution < -0.4 is 5.73 Å². The summed E-state index contributed by atoms with van der Waals surface area (Å²) >= 11 is 0. The monoisotopic (exact) mass is 220 g/mol. The molecule has 2 N–H and O–H groups in total. The van der Waals surface area contributed by atoms with Crippen LogP contribution in [0.3, 0.4) is 0 Å². The van der Waals surface area contributed by atoms with Crippen LogP contribution in [0.5, 0.6) is 0 Å². The summed E-state index contributed by atoms with van der Waals surface area (Å²) in [5, 5.41) is 0. The molecule has 0 bridgehead atoms. The summed E-state index contributed by atoms with van der Waals surface area (Å²) in [5.41, 5.74) is 7.47. The highest BCUT2D eigenvalue weighted by Gasteiger charge is 2.35. The number of rotatable bonds is 2. The molecule has 16 heavy (non-hydrogen) atoms. The molecule has 1 atom stereocenters. The van der Waals surface area contributed by atoms with Crippen LogP contribution in [0.15, 0.2) is 24.3 Å². The summed E-state index contributed by atoms with van der Waals surface area (Å²) in [5.74, 6) is 0. The van der Waals surface area contributed by atoms with Crippen LogP contribution in [0, 0.1) is 0 Å². The number of carbonyl (C=O) groups excluding carboxylic acids is 1. The van der Waals surface area contributed by atoms with Crippen molar-refractivity contribution in [1.29, 1.82) is 0 Å². The van der Waals surface area contributed by atoms with Crippen molar-refractivity contribution in [2.45, 2.75) is 25.9 Å². The third-order valence-electron chi connectivity index (χ3n) is 2.76. The molecule has 1 amide bonds. The Bertz CT molecular complexity index is 404. The van der Waals surface area contributed by atoms with Gasteiger partial charge in [0.15, 0.2) is 0 Å². The number of anilines is 1. The number of cyclic esters (lactones) is 1. The average Bonchev–Trinajstić information content (AvgIpc) is 2.60. The predicted molar refractivity (Wildman–Crippen MR) is 61.9 cm³/mol. The lowest BCUT2D eigenvalue weighted by atomic mass is 10.1. The molecular weight excluding hydrogens is 204 g/mol. The lowest BCUT2D eigenvalue weighted by molar-refractivity contribution is 0.149. The van der Waals surface area contributed by atoms with Crippen molar-refractivity contribution in [3.8, 4) is 0 Å². The van der Waals surface area contributed by atoms with Gasteiger partial charge in [-0.25, -0.2) is 4.79 Å². The molecule has 1 saturated heterocycles. The van der Waals surface area contributed by atoms with Crippen molar-refractivity contribution in [3.05, 3.63) is 29.8 Å². The van der Waals surface area contributed by atoms with Crippen LogP contribution in [0.4, 0.5) is 10.5 Å². The van der Waals surface area contributed by atoms with Crippen molar-refractivity contribution in [2.75, 3.05) is 12.3 Å². The van der Waals surface area contributed by atoms with Crippen LogP contribution in [-0.4, -0.2) is 23.6 Å². The molecule has 1 fully saturated rings. The van der Waals surface area contributed by atoms with Crippen molar-refractivity contribution in [3.63, 3.8) is 0 Å². The minimum Gasteiger partial charge on any atom is -0.447 e. The Morgan fingerprint density at radius 2 is 2.25 bits per heavy atom. The third-order valence-corrected chi connectivity index (χ3v) is 2.76. The molecule has 1 aliphatic rings. The maximum Gasteiger partial charge on any atom is 0.410 e. The SMILES string of the molecule is CC(C)N1C(=O)OCC1c1cccc(N)c1. The predicted octanol–water partition coefficient (Wildman–Crippen LogP) is 2.17. The first-order valence-corrected chi connectivity index (χ1v) is 5.40. The number of nitrogen functional groups attached to an aromatic ring is 1. The van der Waals surface area contributed by atoms with Crippen LogP contribution >= 0.6 is 0 Å². The summed E-state index contributed by atoms with van der Waals surface area (Å²) in [6.07, 6.45) is -0.248. The van der Waals surface area contributed by atoms with E-state index in [-0.39, 0.29) is 18.2 Å². The number of hydrogen-bond acceptors (Lipinski definition) is 3. The topological polar surface area (TPSA) is 55.6 Å². The van der Waals surface area contributed by atoms with Gasteiger partial charge in [0.2, 0.25) is 0 Å². The van der Waals surface area contributed by atoms with Crippen molar-refractivity contribution < 1.29 is 9.53 Å². The molecule has 0 saturated carbocycles. The Morgan fingerprint density at radius 1 is 1.50 bits per heavy atom. The number of ether oxygens (including phenoxy) is 1. The first-order valence-electron chi connectivity index (χ1n) is 5.40. The summed E-state index contributed by atoms with van der Waals surface area (Å²) in [4.78, 5) is 13.3. The van der Waals surface area contributed by atoms with Crippen LogP contribution in [0.25, 0.3) is 0 Å². The summed E-state index contributed by atoms with van der Waals surface area (Å²) in [6.45, 7) is 4.36. The minimum atomic E-state index is -0.248. The normalized spacial score (nSPS) is 20.3. The third kappa shape index (κ3) is 1.83. The number of benzene rings is 1. The maximum atomic E-state index is 11.6. The van der Waals surface area contributed by atoms with E-state index in [4.69, 9.17) is 10.5 Å². The van der Waals surface area contributed by atoms with Gasteiger partial charge in [-0.05, 0) is 31.5 Å². The molecule has 4 nitrogen and oxygen atoms in total. The van der Waals surface area contributed by atoms with Gasteiger partial charge in [0, 0.05) is 11.7 Å². The second kappa shape index (κ2) is 4.04. The number of carbonyl (C=O) groups is 1. The fourth-order valence-corrected chi connectivity index (χ4v) is 2.03. The Labute approximate surface area is 95.0 Å². The van der Waals surface area contributed by atoms with Gasteiger partial charge in [-0.2, -0.15) is 0 Å². The fourth-order valence-electron chi connectivity index (χ4n) is 2.03. The number of nitrogens with zero attached hydrogens (tertiary/aromatic N) is 1. The van der Waals surface area contributed by atoms with Gasteiger partial charge in [0.1, 0.15) is 6.61 Å². The second-order valence-electron chi connectivity index (χ2n) is 4.26. The molecule has 1 aromatic rings. The van der Waals surface area contributed by atoms with Crippen molar-refractivity contribution >= 4 is 11.8 Å². The number of amides is 1. The second-order valence-corrected chi connectivity index (χ2v) is 4.26. The van der Waals surface area contributed by atoms with Crippen LogP contribution in [-0.2, 0) is 4.74 Å². The Balaban J connectivity index is 2.30. The Hall–Kier alpha value is -1.71. The maximum absolute atomic E-state index is 11.6. The zero-order chi connectivity index (χ0) is 11.7. The molecule has 2 rings (SSSR count). The highest BCUT2D eigenvalue weighted by atomic mass is 16.6. The lowest BCUT2D eigenvalue weighted by Gasteiger charge is -2.25. The molecule has 1 heterocycles. The zero-order valence-corrected chi connectivity index (χ0v) is 9.51. The fraction of sp³-hybridized carbons (Fsp3) is 0.417. The van der Waals surface area contributed by atoms with Gasteiger partial charge in [-0.3, -0.25) is 4.90 Å². The quantitative estimate of drug-likeness (QED) is 0.777. The summed E-state index contributed by atoms with van der Waals surface area (Å²) < 4.78 is 5.08. The molecule has 0 aliphatic carbocycles. The highest BCUT2D eigenvalue weighted by molar-refractivity contribution is 5.71. The van der Waals surface area contributed by atoms with Crippen molar-refractivity contribution in [1.82, 2.24) is 4.90 Å². The number of hydrogen-bond donors (Lipinski definition) is 1. The van der Waals surface area contributed by atoms with E-state index < -0.39 is 0 Å². The van der Waals surface area contributed by atoms with Crippen LogP contribution in [0.2, 0.25) is 0 Å². The van der Waals surface area contributed by atoms with Gasteiger partial charge in [-0.1, -0.05) is 12.1 Å². The van der Waals surface area contributed by atoms with E-state index in [0.717, 1.165) is 5.56 Å². The standard InChI is InChI=1S/C12H16N2O2/c1-8(2)14-11(7-16-12(14)15)9-4-3-5-10(13)6-9/h3-6,8,11H,7,13H2,1-2H3. The highest BCUT2D eigenvalue weighted by Crippen LogP contribution is 2.30. The van der Waals surface area contributed by atoms with Gasteiger partial charge in [-0.15, -0.1) is 0 Å². The smallest absolute Gasteiger partial charge is 0.410 e. The van der Waals surface area contributed by atoms with E-state index in [1.807, 2.05) is 38.1 Å². The van der Waals surface area contributed by atoms with Gasteiger partial charge in [0.25, 0.3) is 0 Å². The van der Waals surface area contributed by atoms with Gasteiger partial charge < -0.3 is 10.5 Å². The van der Waals surface area contributed by atoms with E-state index in [1.165, 1.54) is 0 Å². The van der Waals surface area contributed by atoms with Gasteiger partial charge in [0.05, 0.1) is 6.04 Å². The minimum absolute atomic E-state index is 0.0176. The molecular formula is C12H16N2O2. The summed E-state index contributed by atoms with van der Waals surface area (Å²) in [6, 6.07) is 7.70. The molecule has 0 spiro atoms. The van der Waals surface area contributed by atoms with E-state index in [1.54, 1.807) is 4.90 Å².